The summed E-state index contributed by atoms with van der Waals surface area (Å²) in [5.41, 5.74) is 7.01. The van der Waals surface area contributed by atoms with Crippen LogP contribution in [0, 0.1) is 0 Å². The molecular weight excluding hydrogens is 250 g/mol. The lowest BCUT2D eigenvalue weighted by atomic mass is 10.0. The van der Waals surface area contributed by atoms with E-state index in [1.54, 1.807) is 23.5 Å². The van der Waals surface area contributed by atoms with Crippen LogP contribution < -0.4 is 15.2 Å². The Morgan fingerprint density at radius 3 is 2.28 bits per heavy atom. The van der Waals surface area contributed by atoms with Gasteiger partial charge >= 0.3 is 0 Å². The highest BCUT2D eigenvalue weighted by Crippen LogP contribution is 2.39. The van der Waals surface area contributed by atoms with Gasteiger partial charge in [-0.15, -0.1) is 11.3 Å². The molecule has 18 heavy (non-hydrogen) atoms. The molecule has 96 valence electrons. The number of phenolic OH excluding ortho intramolecular Hbond substituents is 1. The zero-order valence-corrected chi connectivity index (χ0v) is 11.0. The molecule has 0 radical (unpaired) electrons. The van der Waals surface area contributed by atoms with Crippen LogP contribution in [0.15, 0.2) is 29.6 Å². The molecule has 3 N–H and O–H groups in total. The molecule has 1 heterocycles. The highest BCUT2D eigenvalue weighted by molar-refractivity contribution is 7.10. The molecule has 0 aliphatic heterocycles. The summed E-state index contributed by atoms with van der Waals surface area (Å²) in [6, 6.07) is 7.12. The maximum atomic E-state index is 9.84. The van der Waals surface area contributed by atoms with Crippen molar-refractivity contribution in [1.82, 2.24) is 0 Å². The first-order valence-corrected chi connectivity index (χ1v) is 6.29. The second-order valence-electron chi connectivity index (χ2n) is 3.77. The third-order valence-corrected chi connectivity index (χ3v) is 3.67. The van der Waals surface area contributed by atoms with Crippen molar-refractivity contribution in [2.75, 3.05) is 14.2 Å². The first-order valence-electron chi connectivity index (χ1n) is 5.41. The van der Waals surface area contributed by atoms with Crippen molar-refractivity contribution in [1.29, 1.82) is 0 Å². The third-order valence-electron chi connectivity index (χ3n) is 2.71. The number of phenols is 1. The highest BCUT2D eigenvalue weighted by Gasteiger charge is 2.16. The Balaban J connectivity index is 2.45. The van der Waals surface area contributed by atoms with Crippen LogP contribution >= 0.6 is 11.3 Å². The van der Waals surface area contributed by atoms with Gasteiger partial charge in [0.15, 0.2) is 11.5 Å². The van der Waals surface area contributed by atoms with Crippen LogP contribution in [0.3, 0.4) is 0 Å². The molecule has 0 unspecified atom stereocenters. The predicted octanol–water partition coefficient (Wildman–Crippen LogP) is 2.52. The number of thiophene rings is 1. The zero-order chi connectivity index (χ0) is 13.1. The number of nitrogens with two attached hydrogens (primary N) is 1. The van der Waals surface area contributed by atoms with Crippen LogP contribution in [0.5, 0.6) is 17.2 Å². The van der Waals surface area contributed by atoms with E-state index in [2.05, 4.69) is 0 Å². The molecule has 0 aliphatic carbocycles. The molecule has 0 spiro atoms. The third kappa shape index (κ3) is 2.27. The van der Waals surface area contributed by atoms with E-state index in [4.69, 9.17) is 15.2 Å². The monoisotopic (exact) mass is 265 g/mol. The Kier molecular flexibility index (Phi) is 3.74. The number of aromatic hydroxyl groups is 1. The van der Waals surface area contributed by atoms with Gasteiger partial charge in [0.25, 0.3) is 0 Å². The molecule has 2 rings (SSSR count). The van der Waals surface area contributed by atoms with E-state index in [-0.39, 0.29) is 11.8 Å². The Morgan fingerprint density at radius 1 is 1.22 bits per heavy atom. The van der Waals surface area contributed by atoms with Crippen molar-refractivity contribution in [2.24, 2.45) is 5.73 Å². The number of rotatable bonds is 4. The van der Waals surface area contributed by atoms with Crippen molar-refractivity contribution in [3.8, 4) is 17.2 Å². The summed E-state index contributed by atoms with van der Waals surface area (Å²) < 4.78 is 10.2. The average molecular weight is 265 g/mol. The molecule has 0 aliphatic rings. The fourth-order valence-corrected chi connectivity index (χ4v) is 2.48. The lowest BCUT2D eigenvalue weighted by Gasteiger charge is -2.15. The van der Waals surface area contributed by atoms with Gasteiger partial charge in [-0.2, -0.15) is 0 Å². The summed E-state index contributed by atoms with van der Waals surface area (Å²) >= 11 is 1.59. The van der Waals surface area contributed by atoms with Crippen LogP contribution in [0.4, 0.5) is 0 Å². The van der Waals surface area contributed by atoms with Gasteiger partial charge in [-0.3, -0.25) is 0 Å². The van der Waals surface area contributed by atoms with Crippen molar-refractivity contribution in [3.05, 3.63) is 40.1 Å². The first kappa shape index (κ1) is 12.7. The molecule has 5 heteroatoms. The van der Waals surface area contributed by atoms with Gasteiger partial charge in [0, 0.05) is 4.88 Å². The summed E-state index contributed by atoms with van der Waals surface area (Å²) in [6.45, 7) is 0. The zero-order valence-electron chi connectivity index (χ0n) is 10.2. The molecular formula is C13H15NO3S. The SMILES string of the molecule is COc1cc([C@H](N)c2cccs2)cc(OC)c1O. The Hall–Kier alpha value is -1.72. The van der Waals surface area contributed by atoms with Crippen molar-refractivity contribution in [2.45, 2.75) is 6.04 Å². The molecule has 1 aromatic carbocycles. The van der Waals surface area contributed by atoms with Crippen molar-refractivity contribution in [3.63, 3.8) is 0 Å². The predicted molar refractivity (Wildman–Crippen MR) is 71.6 cm³/mol. The molecule has 0 saturated carbocycles. The van der Waals surface area contributed by atoms with E-state index < -0.39 is 0 Å². The van der Waals surface area contributed by atoms with Gasteiger partial charge in [-0.05, 0) is 29.1 Å². The normalized spacial score (nSPS) is 12.2. The molecule has 4 nitrogen and oxygen atoms in total. The van der Waals surface area contributed by atoms with Gasteiger partial charge in [-0.1, -0.05) is 6.07 Å². The molecule has 2 aromatic rings. The van der Waals surface area contributed by atoms with Crippen molar-refractivity contribution < 1.29 is 14.6 Å². The molecule has 0 fully saturated rings. The quantitative estimate of drug-likeness (QED) is 0.891. The van der Waals surface area contributed by atoms with E-state index in [0.29, 0.717) is 11.5 Å². The van der Waals surface area contributed by atoms with E-state index in [1.807, 2.05) is 17.5 Å². The van der Waals surface area contributed by atoms with Crippen LogP contribution in [0.25, 0.3) is 0 Å². The summed E-state index contributed by atoms with van der Waals surface area (Å²) in [5, 5.41) is 11.8. The maximum Gasteiger partial charge on any atom is 0.200 e. The lowest BCUT2D eigenvalue weighted by molar-refractivity contribution is 0.339. The highest BCUT2D eigenvalue weighted by atomic mass is 32.1. The fraction of sp³-hybridized carbons (Fsp3) is 0.231. The van der Waals surface area contributed by atoms with Gasteiger partial charge < -0.3 is 20.3 Å². The van der Waals surface area contributed by atoms with Crippen LogP contribution in [-0.2, 0) is 0 Å². The van der Waals surface area contributed by atoms with Crippen molar-refractivity contribution >= 4 is 11.3 Å². The minimum Gasteiger partial charge on any atom is -0.502 e. The number of ether oxygens (including phenoxy) is 2. The minimum absolute atomic E-state index is 0.0119. The number of methoxy groups -OCH3 is 2. The van der Waals surface area contributed by atoms with Gasteiger partial charge in [-0.25, -0.2) is 0 Å². The largest absolute Gasteiger partial charge is 0.502 e. The Bertz CT molecular complexity index is 500. The summed E-state index contributed by atoms with van der Waals surface area (Å²) in [6.07, 6.45) is 0. The maximum absolute atomic E-state index is 9.84. The second kappa shape index (κ2) is 5.29. The first-order chi connectivity index (χ1) is 8.67. The van der Waals surface area contributed by atoms with Crippen LogP contribution in [0.1, 0.15) is 16.5 Å². The Morgan fingerprint density at radius 2 is 1.83 bits per heavy atom. The number of hydrogen-bond acceptors (Lipinski definition) is 5. The topological polar surface area (TPSA) is 64.7 Å². The average Bonchev–Trinajstić information content (AvgIpc) is 2.92. The second-order valence-corrected chi connectivity index (χ2v) is 4.75. The summed E-state index contributed by atoms with van der Waals surface area (Å²) in [4.78, 5) is 1.05. The standard InChI is InChI=1S/C13H15NO3S/c1-16-9-6-8(7-10(17-2)13(9)15)12(14)11-4-3-5-18-11/h3-7,12,15H,14H2,1-2H3/t12-/m0/s1. The van der Waals surface area contributed by atoms with Gasteiger partial charge in [0.05, 0.1) is 20.3 Å². The van der Waals surface area contributed by atoms with E-state index in [1.165, 1.54) is 14.2 Å². The van der Waals surface area contributed by atoms with E-state index >= 15 is 0 Å². The summed E-state index contributed by atoms with van der Waals surface area (Å²) in [5.74, 6) is 0.704. The minimum atomic E-state index is -0.256. The molecule has 1 atom stereocenters. The Labute approximate surface area is 110 Å². The van der Waals surface area contributed by atoms with Gasteiger partial charge in [0.2, 0.25) is 5.75 Å². The number of benzene rings is 1. The number of hydrogen-bond donors (Lipinski definition) is 2. The summed E-state index contributed by atoms with van der Waals surface area (Å²) in [7, 11) is 2.99. The van der Waals surface area contributed by atoms with Crippen LogP contribution in [0.2, 0.25) is 0 Å². The van der Waals surface area contributed by atoms with Gasteiger partial charge in [0.1, 0.15) is 0 Å². The molecule has 0 amide bonds. The molecule has 0 saturated heterocycles. The smallest absolute Gasteiger partial charge is 0.200 e. The van der Waals surface area contributed by atoms with Crippen LogP contribution in [-0.4, -0.2) is 19.3 Å². The van der Waals surface area contributed by atoms with E-state index in [9.17, 15) is 5.11 Å². The molecule has 1 aromatic heterocycles. The van der Waals surface area contributed by atoms with E-state index in [0.717, 1.165) is 10.4 Å². The lowest BCUT2D eigenvalue weighted by Crippen LogP contribution is -2.10. The molecule has 0 bridgehead atoms. The fourth-order valence-electron chi connectivity index (χ4n) is 1.73.